The smallest absolute Gasteiger partial charge is 0.343 e. The number of nitrogens with zero attached hydrogens (tertiary/aromatic N) is 1. The minimum atomic E-state index is -0.589. The lowest BCUT2D eigenvalue weighted by Crippen LogP contribution is -2.10. The molecule has 0 heterocycles. The summed E-state index contributed by atoms with van der Waals surface area (Å²) in [5.74, 6) is 0.386. The van der Waals surface area contributed by atoms with Crippen LogP contribution in [0.3, 0.4) is 0 Å². The summed E-state index contributed by atoms with van der Waals surface area (Å²) in [6, 6.07) is 18.0. The SMILES string of the molecule is CCCCCCCCCCCCCCCC(=O)Oc1ccc(C(=O)Oc2ccc(C=Nc3ccc(OC)cc3)c(O)c2)cc1. The molecule has 0 aliphatic heterocycles. The van der Waals surface area contributed by atoms with Gasteiger partial charge < -0.3 is 19.3 Å². The van der Waals surface area contributed by atoms with Gasteiger partial charge in [0, 0.05) is 24.3 Å². The largest absolute Gasteiger partial charge is 0.507 e. The summed E-state index contributed by atoms with van der Waals surface area (Å²) in [6.07, 6.45) is 18.2. The number of unbranched alkanes of at least 4 members (excludes halogenated alkanes) is 12. The summed E-state index contributed by atoms with van der Waals surface area (Å²) in [5, 5.41) is 10.4. The van der Waals surface area contributed by atoms with Crippen LogP contribution in [0.4, 0.5) is 5.69 Å². The van der Waals surface area contributed by atoms with E-state index in [-0.39, 0.29) is 17.5 Å². The molecule has 0 radical (unpaired) electrons. The second-order valence-corrected chi connectivity index (χ2v) is 11.1. The van der Waals surface area contributed by atoms with Crippen LogP contribution in [0.5, 0.6) is 23.0 Å². The van der Waals surface area contributed by atoms with E-state index >= 15 is 0 Å². The number of hydrogen-bond acceptors (Lipinski definition) is 7. The highest BCUT2D eigenvalue weighted by Crippen LogP contribution is 2.25. The van der Waals surface area contributed by atoms with Gasteiger partial charge in [-0.3, -0.25) is 9.79 Å². The lowest BCUT2D eigenvalue weighted by Gasteiger charge is -2.08. The highest BCUT2D eigenvalue weighted by molar-refractivity contribution is 5.92. The summed E-state index contributed by atoms with van der Waals surface area (Å²) >= 11 is 0. The number of carbonyl (C=O) groups is 2. The summed E-state index contributed by atoms with van der Waals surface area (Å²) < 4.78 is 16.0. The first-order valence-corrected chi connectivity index (χ1v) is 16.0. The molecule has 0 fully saturated rings. The van der Waals surface area contributed by atoms with E-state index < -0.39 is 5.97 Å². The van der Waals surface area contributed by atoms with Crippen LogP contribution in [0.2, 0.25) is 0 Å². The number of hydrogen-bond donors (Lipinski definition) is 1. The molecule has 0 saturated heterocycles. The molecule has 0 saturated carbocycles. The minimum absolute atomic E-state index is 0.0710. The van der Waals surface area contributed by atoms with Gasteiger partial charge in [-0.15, -0.1) is 0 Å². The quantitative estimate of drug-likeness (QED) is 0.0599. The van der Waals surface area contributed by atoms with Crippen LogP contribution in [0.15, 0.2) is 71.7 Å². The second kappa shape index (κ2) is 19.9. The molecule has 3 aromatic carbocycles. The van der Waals surface area contributed by atoms with E-state index in [0.717, 1.165) is 25.0 Å². The molecule has 0 atom stereocenters. The molecule has 1 N–H and O–H groups in total. The van der Waals surface area contributed by atoms with Gasteiger partial charge in [-0.1, -0.05) is 84.0 Å². The maximum atomic E-state index is 12.6. The summed E-state index contributed by atoms with van der Waals surface area (Å²) in [7, 11) is 1.60. The van der Waals surface area contributed by atoms with Crippen molar-refractivity contribution in [3.8, 4) is 23.0 Å². The fraction of sp³-hybridized carbons (Fsp3) is 0.432. The van der Waals surface area contributed by atoms with Crippen LogP contribution in [0, 0.1) is 0 Å². The van der Waals surface area contributed by atoms with Crippen molar-refractivity contribution < 1.29 is 28.9 Å². The number of phenolic OH excluding ortho intramolecular Hbond substituents is 1. The Morgan fingerprint density at radius 3 is 1.80 bits per heavy atom. The molecule has 7 nitrogen and oxygen atoms in total. The van der Waals surface area contributed by atoms with Gasteiger partial charge in [0.15, 0.2) is 0 Å². The first-order chi connectivity index (χ1) is 21.5. The minimum Gasteiger partial charge on any atom is -0.507 e. The molecule has 0 aliphatic carbocycles. The topological polar surface area (TPSA) is 94.4 Å². The molecule has 0 aromatic heterocycles. The number of aromatic hydroxyl groups is 1. The van der Waals surface area contributed by atoms with Crippen molar-refractivity contribution in [3.63, 3.8) is 0 Å². The maximum Gasteiger partial charge on any atom is 0.343 e. The van der Waals surface area contributed by atoms with Crippen LogP contribution in [0.1, 0.15) is 113 Å². The van der Waals surface area contributed by atoms with Crippen molar-refractivity contribution in [2.45, 2.75) is 96.8 Å². The van der Waals surface area contributed by atoms with Crippen LogP contribution >= 0.6 is 0 Å². The molecule has 0 unspecified atom stereocenters. The maximum absolute atomic E-state index is 12.6. The second-order valence-electron chi connectivity index (χ2n) is 11.1. The number of phenols is 1. The van der Waals surface area contributed by atoms with E-state index in [1.807, 2.05) is 0 Å². The Labute approximate surface area is 262 Å². The number of methoxy groups -OCH3 is 1. The van der Waals surface area contributed by atoms with Crippen molar-refractivity contribution >= 4 is 23.8 Å². The van der Waals surface area contributed by atoms with Crippen molar-refractivity contribution in [2.75, 3.05) is 7.11 Å². The number of rotatable bonds is 20. The molecule has 3 rings (SSSR count). The molecule has 3 aromatic rings. The van der Waals surface area contributed by atoms with E-state index in [1.54, 1.807) is 67.8 Å². The third-order valence-corrected chi connectivity index (χ3v) is 7.44. The van der Waals surface area contributed by atoms with Crippen molar-refractivity contribution in [3.05, 3.63) is 77.9 Å². The van der Waals surface area contributed by atoms with E-state index in [0.29, 0.717) is 29.0 Å². The zero-order valence-electron chi connectivity index (χ0n) is 26.3. The standard InChI is InChI=1S/C37H47NO6/c1-3-4-5-6-7-8-9-10-11-12-13-14-15-16-36(40)43-33-22-17-29(18-23-33)37(41)44-34-24-19-30(35(39)27-34)28-38-31-20-25-32(42-2)26-21-31/h17-28,39H,3-16H2,1-2H3. The normalized spacial score (nSPS) is 11.0. The Morgan fingerprint density at radius 1 is 0.682 bits per heavy atom. The number of esters is 2. The number of aliphatic imine (C=N–C) groups is 1. The summed E-state index contributed by atoms with van der Waals surface area (Å²) in [5.41, 5.74) is 1.48. The van der Waals surface area contributed by atoms with Crippen molar-refractivity contribution in [2.24, 2.45) is 4.99 Å². The van der Waals surface area contributed by atoms with Gasteiger partial charge in [-0.2, -0.15) is 0 Å². The third kappa shape index (κ3) is 13.0. The van der Waals surface area contributed by atoms with Gasteiger partial charge in [-0.25, -0.2) is 4.79 Å². The zero-order valence-corrected chi connectivity index (χ0v) is 26.3. The molecule has 7 heteroatoms. The average Bonchev–Trinajstić information content (AvgIpc) is 3.03. The monoisotopic (exact) mass is 601 g/mol. The number of carbonyl (C=O) groups excluding carboxylic acids is 2. The van der Waals surface area contributed by atoms with Crippen LogP contribution in [0.25, 0.3) is 0 Å². The van der Waals surface area contributed by atoms with Crippen LogP contribution in [-0.4, -0.2) is 30.4 Å². The Kier molecular flexibility index (Phi) is 15.6. The highest BCUT2D eigenvalue weighted by Gasteiger charge is 2.12. The lowest BCUT2D eigenvalue weighted by atomic mass is 10.0. The molecule has 236 valence electrons. The van der Waals surface area contributed by atoms with Gasteiger partial charge in [0.25, 0.3) is 0 Å². The lowest BCUT2D eigenvalue weighted by molar-refractivity contribution is -0.134. The summed E-state index contributed by atoms with van der Waals surface area (Å²) in [4.78, 5) is 29.2. The van der Waals surface area contributed by atoms with Crippen LogP contribution in [-0.2, 0) is 4.79 Å². The first-order valence-electron chi connectivity index (χ1n) is 16.0. The zero-order chi connectivity index (χ0) is 31.4. The first kappa shape index (κ1) is 34.4. The molecular weight excluding hydrogens is 554 g/mol. The Bertz CT molecular complexity index is 1300. The molecule has 44 heavy (non-hydrogen) atoms. The molecular formula is C37H47NO6. The summed E-state index contributed by atoms with van der Waals surface area (Å²) in [6.45, 7) is 2.25. The fourth-order valence-corrected chi connectivity index (χ4v) is 4.80. The van der Waals surface area contributed by atoms with Gasteiger partial charge in [0.05, 0.1) is 18.4 Å². The molecule has 0 amide bonds. The van der Waals surface area contributed by atoms with E-state index in [1.165, 1.54) is 76.5 Å². The molecule has 0 bridgehead atoms. The Morgan fingerprint density at radius 2 is 1.23 bits per heavy atom. The van der Waals surface area contributed by atoms with Crippen molar-refractivity contribution in [1.82, 2.24) is 0 Å². The predicted octanol–water partition coefficient (Wildman–Crippen LogP) is 9.76. The predicted molar refractivity (Wildman–Crippen MR) is 176 cm³/mol. The number of ether oxygens (including phenoxy) is 3. The highest BCUT2D eigenvalue weighted by atomic mass is 16.5. The van der Waals surface area contributed by atoms with E-state index in [4.69, 9.17) is 14.2 Å². The van der Waals surface area contributed by atoms with Gasteiger partial charge in [-0.05, 0) is 67.1 Å². The Balaban J connectivity index is 1.32. The Hall–Kier alpha value is -4.13. The fourth-order valence-electron chi connectivity index (χ4n) is 4.80. The third-order valence-electron chi connectivity index (χ3n) is 7.44. The number of benzene rings is 3. The molecule has 0 spiro atoms. The van der Waals surface area contributed by atoms with E-state index in [2.05, 4.69) is 11.9 Å². The molecule has 0 aliphatic rings. The van der Waals surface area contributed by atoms with Crippen molar-refractivity contribution in [1.29, 1.82) is 0 Å². The van der Waals surface area contributed by atoms with Gasteiger partial charge in [0.2, 0.25) is 0 Å². The van der Waals surface area contributed by atoms with Gasteiger partial charge >= 0.3 is 11.9 Å². The average molecular weight is 602 g/mol. The van der Waals surface area contributed by atoms with Crippen LogP contribution < -0.4 is 14.2 Å². The van der Waals surface area contributed by atoms with Gasteiger partial charge in [0.1, 0.15) is 23.0 Å². The van der Waals surface area contributed by atoms with E-state index in [9.17, 15) is 14.7 Å².